The molecule has 2 amide bonds. The number of fused-ring (bicyclic) bond motifs is 1. The number of hydrogen-bond acceptors (Lipinski definition) is 5. The van der Waals surface area contributed by atoms with E-state index in [4.69, 9.17) is 29.6 Å². The molecule has 1 aromatic heterocycles. The smallest absolute Gasteiger partial charge is 0.256 e. The van der Waals surface area contributed by atoms with Gasteiger partial charge < -0.3 is 16.2 Å². The van der Waals surface area contributed by atoms with Crippen molar-refractivity contribution in [2.45, 2.75) is 0 Å². The number of carbonyl (C=O) groups excluding carboxylic acids is 2. The number of amides is 2. The van der Waals surface area contributed by atoms with E-state index in [2.05, 4.69) is 5.32 Å². The first-order valence-electron chi connectivity index (χ1n) is 7.02. The normalized spacial score (nSPS) is 10.6. The average molecular weight is 391 g/mol. The van der Waals surface area contributed by atoms with Gasteiger partial charge in [0.1, 0.15) is 15.8 Å². The van der Waals surface area contributed by atoms with Gasteiger partial charge >= 0.3 is 0 Å². The Kier molecular flexibility index (Phi) is 4.71. The van der Waals surface area contributed by atoms with E-state index in [9.17, 15) is 14.7 Å². The highest BCUT2D eigenvalue weighted by atomic mass is 35.5. The molecule has 0 unspecified atom stereocenters. The maximum atomic E-state index is 12.4. The van der Waals surface area contributed by atoms with Gasteiger partial charge in [-0.15, -0.1) is 11.3 Å². The molecule has 8 heteroatoms. The largest absolute Gasteiger partial charge is 0.506 e. The monoisotopic (exact) mass is 390 g/mol. The third kappa shape index (κ3) is 3.21. The van der Waals surface area contributed by atoms with Crippen LogP contribution in [0.15, 0.2) is 36.4 Å². The minimum absolute atomic E-state index is 0.107. The number of carbonyl (C=O) groups is 2. The lowest BCUT2D eigenvalue weighted by atomic mass is 10.1. The summed E-state index contributed by atoms with van der Waals surface area (Å²) in [6.07, 6.45) is 0. The zero-order valence-electron chi connectivity index (χ0n) is 12.6. The zero-order chi connectivity index (χ0) is 18.1. The number of benzene rings is 2. The summed E-state index contributed by atoms with van der Waals surface area (Å²) in [5, 5.41) is 14.8. The van der Waals surface area contributed by atoms with E-state index in [0.29, 0.717) is 15.6 Å². The topological polar surface area (TPSA) is 92.4 Å². The zero-order valence-corrected chi connectivity index (χ0v) is 15.0. The molecule has 3 aromatic rings. The first-order valence-corrected chi connectivity index (χ1v) is 8.69. The Hall–Kier alpha value is -2.48. The molecule has 0 fully saturated rings. The molecule has 3 rings (SSSR count). The number of nitrogens with one attached hydrogen (secondary N) is 1. The van der Waals surface area contributed by atoms with Crippen LogP contribution in [-0.2, 0) is 0 Å². The number of halogens is 1. The number of primary amides is 1. The lowest BCUT2D eigenvalue weighted by molar-refractivity contribution is 0.100. The molecule has 5 nitrogen and oxygen atoms in total. The van der Waals surface area contributed by atoms with E-state index < -0.39 is 11.8 Å². The molecule has 0 saturated heterocycles. The van der Waals surface area contributed by atoms with Gasteiger partial charge in [-0.3, -0.25) is 9.59 Å². The van der Waals surface area contributed by atoms with Crippen molar-refractivity contribution in [1.82, 2.24) is 0 Å². The molecule has 25 heavy (non-hydrogen) atoms. The molecular weight excluding hydrogens is 380 g/mol. The fraction of sp³-hybridized carbons (Fsp3) is 0. The number of thiocarbonyl (C=S) groups is 1. The summed E-state index contributed by atoms with van der Waals surface area (Å²) in [7, 11) is 0. The molecule has 0 aliphatic heterocycles. The quantitative estimate of drug-likeness (QED) is 0.588. The summed E-state index contributed by atoms with van der Waals surface area (Å²) < 4.78 is 0.474. The van der Waals surface area contributed by atoms with Crippen molar-refractivity contribution in [2.75, 3.05) is 5.32 Å². The highest BCUT2D eigenvalue weighted by Gasteiger charge is 2.21. The maximum absolute atomic E-state index is 12.4. The van der Waals surface area contributed by atoms with Crippen LogP contribution >= 0.6 is 35.2 Å². The standard InChI is InChI=1S/C17H11ClN2O3S2/c18-13-11(21)6-5-10-12(15(19)22)17(25-14(10)13)20-16(23)9-3-1-8(7-24)2-4-9/h1-7,21H,(H2,19,22)(H,20,23). The highest BCUT2D eigenvalue weighted by Crippen LogP contribution is 2.42. The van der Waals surface area contributed by atoms with Gasteiger partial charge in [-0.05, 0) is 29.8 Å². The van der Waals surface area contributed by atoms with Gasteiger partial charge in [0.05, 0.1) is 10.3 Å². The molecule has 0 saturated carbocycles. The van der Waals surface area contributed by atoms with Crippen LogP contribution in [0.2, 0.25) is 5.02 Å². The first kappa shape index (κ1) is 17.3. The van der Waals surface area contributed by atoms with Crippen LogP contribution < -0.4 is 11.1 Å². The SMILES string of the molecule is NC(=O)c1c(NC(=O)c2ccc(C=S)cc2)sc2c(Cl)c(O)ccc12. The summed E-state index contributed by atoms with van der Waals surface area (Å²) in [5.74, 6) is -1.20. The van der Waals surface area contributed by atoms with Gasteiger partial charge in [-0.1, -0.05) is 36.0 Å². The van der Waals surface area contributed by atoms with Gasteiger partial charge in [0, 0.05) is 16.3 Å². The number of nitrogens with two attached hydrogens (primary N) is 1. The van der Waals surface area contributed by atoms with E-state index in [1.807, 2.05) is 0 Å². The fourth-order valence-electron chi connectivity index (χ4n) is 2.34. The Morgan fingerprint density at radius 2 is 1.88 bits per heavy atom. The Bertz CT molecular complexity index is 1010. The van der Waals surface area contributed by atoms with Crippen molar-refractivity contribution >= 4 is 67.4 Å². The first-order chi connectivity index (χ1) is 11.9. The van der Waals surface area contributed by atoms with Crippen LogP contribution in [0, 0.1) is 0 Å². The van der Waals surface area contributed by atoms with E-state index >= 15 is 0 Å². The average Bonchev–Trinajstić information content (AvgIpc) is 2.97. The van der Waals surface area contributed by atoms with E-state index in [-0.39, 0.29) is 21.3 Å². The molecule has 0 bridgehead atoms. The number of phenols is 1. The van der Waals surface area contributed by atoms with E-state index in [1.165, 1.54) is 17.5 Å². The molecule has 2 aromatic carbocycles. The number of thiophene rings is 1. The highest BCUT2D eigenvalue weighted by molar-refractivity contribution is 7.79. The van der Waals surface area contributed by atoms with Gasteiger partial charge in [0.25, 0.3) is 11.8 Å². The van der Waals surface area contributed by atoms with Crippen LogP contribution in [0.3, 0.4) is 0 Å². The van der Waals surface area contributed by atoms with E-state index in [0.717, 1.165) is 16.9 Å². The number of rotatable bonds is 4. The molecule has 0 aliphatic carbocycles. The summed E-state index contributed by atoms with van der Waals surface area (Å²) in [6.45, 7) is 0. The van der Waals surface area contributed by atoms with Crippen LogP contribution in [0.25, 0.3) is 10.1 Å². The number of hydrogen-bond donors (Lipinski definition) is 3. The van der Waals surface area contributed by atoms with Crippen molar-refractivity contribution in [3.63, 3.8) is 0 Å². The third-order valence-electron chi connectivity index (χ3n) is 3.56. The summed E-state index contributed by atoms with van der Waals surface area (Å²) in [4.78, 5) is 24.3. The predicted octanol–water partition coefficient (Wildman–Crippen LogP) is 3.96. The summed E-state index contributed by atoms with van der Waals surface area (Å²) in [5.41, 5.74) is 6.84. The number of anilines is 1. The summed E-state index contributed by atoms with van der Waals surface area (Å²) in [6, 6.07) is 9.61. The fourth-order valence-corrected chi connectivity index (χ4v) is 3.91. The number of aromatic hydroxyl groups is 1. The minimum atomic E-state index is -0.695. The lowest BCUT2D eigenvalue weighted by Gasteiger charge is -2.05. The van der Waals surface area contributed by atoms with Gasteiger partial charge in [-0.2, -0.15) is 0 Å². The second kappa shape index (κ2) is 6.79. The number of phenolic OH excluding ortho intramolecular Hbond substituents is 1. The maximum Gasteiger partial charge on any atom is 0.256 e. The van der Waals surface area contributed by atoms with Crippen LogP contribution in [0.4, 0.5) is 5.00 Å². The lowest BCUT2D eigenvalue weighted by Crippen LogP contribution is -2.16. The molecule has 1 heterocycles. The second-order valence-electron chi connectivity index (χ2n) is 5.14. The van der Waals surface area contributed by atoms with Crippen LogP contribution in [0.5, 0.6) is 5.75 Å². The Labute approximate surface area is 157 Å². The molecule has 4 N–H and O–H groups in total. The second-order valence-corrected chi connectivity index (χ2v) is 6.77. The molecule has 0 atom stereocenters. The minimum Gasteiger partial charge on any atom is -0.506 e. The van der Waals surface area contributed by atoms with Crippen molar-refractivity contribution in [3.05, 3.63) is 58.1 Å². The molecule has 0 aliphatic rings. The predicted molar refractivity (Wildman–Crippen MR) is 104 cm³/mol. The Morgan fingerprint density at radius 1 is 1.20 bits per heavy atom. The molecular formula is C17H11ClN2O3S2. The van der Waals surface area contributed by atoms with Crippen LogP contribution in [0.1, 0.15) is 26.3 Å². The van der Waals surface area contributed by atoms with Crippen molar-refractivity contribution in [3.8, 4) is 5.75 Å². The van der Waals surface area contributed by atoms with E-state index in [1.54, 1.807) is 24.3 Å². The van der Waals surface area contributed by atoms with Crippen molar-refractivity contribution < 1.29 is 14.7 Å². The summed E-state index contributed by atoms with van der Waals surface area (Å²) >= 11 is 12.0. The van der Waals surface area contributed by atoms with Crippen molar-refractivity contribution in [2.24, 2.45) is 5.73 Å². The van der Waals surface area contributed by atoms with Gasteiger partial charge in [-0.25, -0.2) is 0 Å². The molecule has 0 spiro atoms. The van der Waals surface area contributed by atoms with Gasteiger partial charge in [0.15, 0.2) is 0 Å². The van der Waals surface area contributed by atoms with Gasteiger partial charge in [0.2, 0.25) is 0 Å². The molecule has 0 radical (unpaired) electrons. The van der Waals surface area contributed by atoms with Crippen LogP contribution in [-0.4, -0.2) is 22.3 Å². The Balaban J connectivity index is 2.04. The third-order valence-corrected chi connectivity index (χ3v) is 5.46. The van der Waals surface area contributed by atoms with Crippen molar-refractivity contribution in [1.29, 1.82) is 0 Å². The molecule has 126 valence electrons. The Morgan fingerprint density at radius 3 is 2.48 bits per heavy atom.